The summed E-state index contributed by atoms with van der Waals surface area (Å²) in [7, 11) is 0. The van der Waals surface area contributed by atoms with Gasteiger partial charge in [0.05, 0.1) is 5.39 Å². The van der Waals surface area contributed by atoms with E-state index in [4.69, 9.17) is 26.1 Å². The average molecular weight is 99.0 g/mol. The molecule has 0 aliphatic heterocycles. The third-order valence-corrected chi connectivity index (χ3v) is 0. The topological polar surface area (TPSA) is 104 Å². The second kappa shape index (κ2) is 8.83. The molecule has 0 fully saturated rings. The highest BCUT2D eigenvalue weighted by Crippen LogP contribution is 1.43. The zero-order valence-electron chi connectivity index (χ0n) is 2.68. The summed E-state index contributed by atoms with van der Waals surface area (Å²) in [5, 5.41) is 32.0. The highest BCUT2D eigenvalue weighted by Gasteiger charge is 1.64. The first-order valence-corrected chi connectivity index (χ1v) is 0.800. The molecule has 40 valence electrons. The summed E-state index contributed by atoms with van der Waals surface area (Å²) >= 11 is 0. The van der Waals surface area contributed by atoms with Gasteiger partial charge in [-0.05, 0) is 0 Å². The Hall–Kier alpha value is -0.240. The van der Waals surface area contributed by atoms with E-state index >= 15 is 0 Å². The molecule has 6 heavy (non-hydrogen) atoms. The van der Waals surface area contributed by atoms with E-state index in [1.54, 1.807) is 0 Å². The Bertz CT molecular complexity index is 8.66. The van der Waals surface area contributed by atoms with E-state index in [2.05, 4.69) is 0 Å². The van der Waals surface area contributed by atoms with Gasteiger partial charge in [0, 0.05) is 0 Å². The maximum Gasteiger partial charge on any atom is 0.0685 e. The van der Waals surface area contributed by atoms with Crippen LogP contribution in [0.3, 0.4) is 0 Å². The number of hydrogen-bond donors (Lipinski definition) is 5. The van der Waals surface area contributed by atoms with Crippen LogP contribution in [0.15, 0.2) is 0 Å². The van der Waals surface area contributed by atoms with E-state index in [1.807, 2.05) is 0 Å². The fourth-order valence-corrected chi connectivity index (χ4v) is 0. The van der Waals surface area contributed by atoms with Crippen molar-refractivity contribution in [3.8, 4) is 0 Å². The first kappa shape index (κ1) is 9.23. The van der Waals surface area contributed by atoms with Crippen LogP contribution in [0.4, 0.5) is 0 Å². The average Bonchev–Trinajstić information content (AvgIpc) is 1.41. The van der Waals surface area contributed by atoms with Crippen molar-refractivity contribution in [1.82, 2.24) is 5.39 Å². The molecule has 0 bridgehead atoms. The van der Waals surface area contributed by atoms with E-state index in [0.717, 1.165) is 0 Å². The lowest BCUT2D eigenvalue weighted by Gasteiger charge is -1.84. The van der Waals surface area contributed by atoms with Gasteiger partial charge in [-0.2, -0.15) is 0 Å². The number of hydrogen-bond acceptors (Lipinski definition) is 6. The molecule has 0 atom stereocenters. The largest absolute Gasteiger partial charge is 0.266 e. The molecule has 0 aromatic carbocycles. The Kier molecular flexibility index (Phi) is 13.6. The van der Waals surface area contributed by atoms with Gasteiger partial charge in [-0.3, -0.25) is 26.1 Å². The molecular formula is H5NO5. The molecule has 0 aromatic heterocycles. The van der Waals surface area contributed by atoms with Gasteiger partial charge in [0.15, 0.2) is 0 Å². The molecule has 0 aliphatic rings. The first-order valence-electron chi connectivity index (χ1n) is 0.800. The molecule has 6 nitrogen and oxygen atoms in total. The van der Waals surface area contributed by atoms with Crippen molar-refractivity contribution in [2.45, 2.75) is 0 Å². The third-order valence-electron chi connectivity index (χ3n) is 0. The van der Waals surface area contributed by atoms with Crippen LogP contribution < -0.4 is 0 Å². The van der Waals surface area contributed by atoms with Crippen molar-refractivity contribution < 1.29 is 26.1 Å². The molecule has 0 spiro atoms. The minimum Gasteiger partial charge on any atom is -0.266 e. The van der Waals surface area contributed by atoms with E-state index in [-0.39, 0.29) is 0 Å². The second-order valence-corrected chi connectivity index (χ2v) is 0.268. The minimum absolute atomic E-state index is 1.00. The quantitative estimate of drug-likeness (QED) is 0.206. The monoisotopic (exact) mass is 99.0 g/mol. The van der Waals surface area contributed by atoms with Gasteiger partial charge in [-0.1, -0.05) is 0 Å². The summed E-state index contributed by atoms with van der Waals surface area (Å²) in [5.74, 6) is 0. The van der Waals surface area contributed by atoms with Crippen LogP contribution in [0.25, 0.3) is 0 Å². The molecule has 0 aromatic rings. The Morgan fingerprint density at radius 1 is 0.833 bits per heavy atom. The Labute approximate surface area is 32.9 Å². The maximum absolute atomic E-state index is 7.00. The zero-order valence-corrected chi connectivity index (χ0v) is 2.68. The van der Waals surface area contributed by atoms with Crippen molar-refractivity contribution in [3.05, 3.63) is 0 Å². The van der Waals surface area contributed by atoms with Crippen LogP contribution in [0.5, 0.6) is 0 Å². The van der Waals surface area contributed by atoms with Crippen LogP contribution in [-0.4, -0.2) is 31.5 Å². The Morgan fingerprint density at radius 3 is 0.833 bits per heavy atom. The van der Waals surface area contributed by atoms with Gasteiger partial charge in [0.1, 0.15) is 0 Å². The smallest absolute Gasteiger partial charge is 0.0685 e. The molecule has 0 radical (unpaired) electrons. The summed E-state index contributed by atoms with van der Waals surface area (Å²) in [6.45, 7) is 0. The predicted molar refractivity (Wildman–Crippen MR) is 12.5 cm³/mol. The van der Waals surface area contributed by atoms with Crippen LogP contribution in [0, 0.1) is 0 Å². The minimum atomic E-state index is -1.00. The van der Waals surface area contributed by atoms with E-state index in [1.165, 1.54) is 0 Å². The normalized spacial score (nSPS) is 7.00. The van der Waals surface area contributed by atoms with Gasteiger partial charge in [-0.15, -0.1) is 0 Å². The second-order valence-electron chi connectivity index (χ2n) is 0.268. The lowest BCUT2D eigenvalue weighted by molar-refractivity contribution is -0.472. The molecule has 5 N–H and O–H groups in total. The summed E-state index contributed by atoms with van der Waals surface area (Å²) < 4.78 is 0. The van der Waals surface area contributed by atoms with Gasteiger partial charge >= 0.3 is 0 Å². The van der Waals surface area contributed by atoms with Crippen LogP contribution in [0.2, 0.25) is 0 Å². The molecule has 0 heterocycles. The third kappa shape index (κ3) is 497. The van der Waals surface area contributed by atoms with E-state index < -0.39 is 5.39 Å². The molecule has 0 saturated heterocycles. The fraction of sp³-hybridized carbons (Fsp3) is 0. The van der Waals surface area contributed by atoms with Crippen LogP contribution >= 0.6 is 0 Å². The van der Waals surface area contributed by atoms with Gasteiger partial charge < -0.3 is 0 Å². The van der Waals surface area contributed by atoms with Gasteiger partial charge in [0.25, 0.3) is 0 Å². The summed E-state index contributed by atoms with van der Waals surface area (Å²) in [6.07, 6.45) is 0. The standard InChI is InChI=1S/H3NO3.H2O2/c2-1(3)4;1-2/h2-4H;1-2H. The molecule has 0 rings (SSSR count). The van der Waals surface area contributed by atoms with E-state index in [9.17, 15) is 0 Å². The van der Waals surface area contributed by atoms with Crippen molar-refractivity contribution in [2.24, 2.45) is 0 Å². The van der Waals surface area contributed by atoms with Crippen LogP contribution in [-0.2, 0) is 0 Å². The van der Waals surface area contributed by atoms with Crippen molar-refractivity contribution in [2.75, 3.05) is 0 Å². The molecule has 0 unspecified atom stereocenters. The molecule has 0 amide bonds. The highest BCUT2D eigenvalue weighted by molar-refractivity contribution is 3.14. The number of nitrogens with zero attached hydrogens (tertiary/aromatic N) is 1. The Morgan fingerprint density at radius 2 is 0.833 bits per heavy atom. The number of rotatable bonds is 0. The van der Waals surface area contributed by atoms with Crippen LogP contribution in [0.1, 0.15) is 0 Å². The predicted octanol–water partition coefficient (Wildman–Crippen LogP) is -0.527. The summed E-state index contributed by atoms with van der Waals surface area (Å²) in [6, 6.07) is 0. The molecule has 0 aliphatic carbocycles. The lowest BCUT2D eigenvalue weighted by atomic mass is 13.0. The first-order chi connectivity index (χ1) is 2.73. The van der Waals surface area contributed by atoms with Crippen molar-refractivity contribution in [1.29, 1.82) is 0 Å². The SMILES string of the molecule is ON(O)O.OO. The molecular weight excluding hydrogens is 94.0 g/mol. The summed E-state index contributed by atoms with van der Waals surface area (Å²) in [4.78, 5) is 0. The Balaban J connectivity index is 0. The van der Waals surface area contributed by atoms with Gasteiger partial charge in [-0.25, -0.2) is 0 Å². The molecule has 0 saturated carbocycles. The van der Waals surface area contributed by atoms with E-state index in [0.29, 0.717) is 0 Å². The van der Waals surface area contributed by atoms with Crippen molar-refractivity contribution >= 4 is 0 Å². The zero-order chi connectivity index (χ0) is 5.58. The highest BCUT2D eigenvalue weighted by atomic mass is 17.0. The maximum atomic E-state index is 7.00. The van der Waals surface area contributed by atoms with Crippen molar-refractivity contribution in [3.63, 3.8) is 0 Å². The summed E-state index contributed by atoms with van der Waals surface area (Å²) in [5.41, 5.74) is 0. The fourth-order valence-electron chi connectivity index (χ4n) is 0. The molecule has 6 heteroatoms. The lowest BCUT2D eigenvalue weighted by Crippen LogP contribution is -2.04. The van der Waals surface area contributed by atoms with Gasteiger partial charge in [0.2, 0.25) is 0 Å².